The summed E-state index contributed by atoms with van der Waals surface area (Å²) in [7, 11) is 0. The normalized spacial score (nSPS) is 11.5. The summed E-state index contributed by atoms with van der Waals surface area (Å²) in [5.74, 6) is 1.19. The van der Waals surface area contributed by atoms with Gasteiger partial charge in [-0.05, 0) is 30.9 Å². The molecule has 176 valence electrons. The summed E-state index contributed by atoms with van der Waals surface area (Å²) in [4.78, 5) is 8.55. The van der Waals surface area contributed by atoms with Crippen LogP contribution in [0, 0.1) is 0 Å². The zero-order chi connectivity index (χ0) is 22.0. The predicted molar refractivity (Wildman–Crippen MR) is 138 cm³/mol. The molecule has 0 bridgehead atoms. The molecular weight excluding hydrogens is 376 g/mol. The zero-order valence-electron chi connectivity index (χ0n) is 20.8. The number of para-hydroxylation sites is 1. The lowest BCUT2D eigenvalue weighted by Crippen LogP contribution is -1.90. The fraction of sp³-hybridized carbons (Fsp3) is 0.759. The number of aromatic nitrogens is 2. The molecule has 0 saturated carbocycles. The highest BCUT2D eigenvalue weighted by Gasteiger charge is 2.07. The van der Waals surface area contributed by atoms with Gasteiger partial charge in [-0.2, -0.15) is 0 Å². The van der Waals surface area contributed by atoms with Crippen LogP contribution in [0.1, 0.15) is 141 Å². The molecule has 1 aromatic carbocycles. The topological polar surface area (TPSA) is 28.7 Å². The van der Waals surface area contributed by atoms with E-state index in [1.54, 1.807) is 0 Å². The lowest BCUT2D eigenvalue weighted by molar-refractivity contribution is 0.538. The van der Waals surface area contributed by atoms with Crippen LogP contribution in [0.25, 0.3) is 11.0 Å². The molecule has 0 atom stereocenters. The number of imidazole rings is 1. The van der Waals surface area contributed by atoms with Crippen molar-refractivity contribution in [1.29, 1.82) is 0 Å². The highest BCUT2D eigenvalue weighted by Crippen LogP contribution is 2.20. The van der Waals surface area contributed by atoms with Crippen molar-refractivity contribution in [2.45, 2.75) is 142 Å². The second-order valence-electron chi connectivity index (χ2n) is 9.65. The van der Waals surface area contributed by atoms with Crippen LogP contribution < -0.4 is 0 Å². The van der Waals surface area contributed by atoms with E-state index in [1.165, 1.54) is 144 Å². The van der Waals surface area contributed by atoms with E-state index in [1.807, 2.05) is 0 Å². The molecular formula is C29H50N2. The van der Waals surface area contributed by atoms with E-state index in [-0.39, 0.29) is 0 Å². The van der Waals surface area contributed by atoms with Crippen LogP contribution in [-0.2, 0) is 12.8 Å². The molecule has 0 aliphatic rings. The fourth-order valence-corrected chi connectivity index (χ4v) is 4.69. The van der Waals surface area contributed by atoms with E-state index in [0.29, 0.717) is 0 Å². The van der Waals surface area contributed by atoms with E-state index in [2.05, 4.69) is 37.0 Å². The summed E-state index contributed by atoms with van der Waals surface area (Å²) in [6, 6.07) is 6.66. The monoisotopic (exact) mass is 426 g/mol. The smallest absolute Gasteiger partial charge is 0.107 e. The Kier molecular flexibility index (Phi) is 14.5. The standard InChI is InChI=1S/C29H50N2/c1-3-5-7-9-10-11-12-13-14-15-16-18-20-25-28-30-27-24-21-23-26(29(27)31-28)22-19-17-8-6-4-2/h21,23-24H,3-20,22,25H2,1-2H3,(H,30,31). The van der Waals surface area contributed by atoms with Gasteiger partial charge in [-0.1, -0.05) is 129 Å². The lowest BCUT2D eigenvalue weighted by atomic mass is 10.0. The molecule has 0 unspecified atom stereocenters. The number of nitrogens with zero attached hydrogens (tertiary/aromatic N) is 1. The highest BCUT2D eigenvalue weighted by molar-refractivity contribution is 5.78. The average Bonchev–Trinajstić information content (AvgIpc) is 3.20. The van der Waals surface area contributed by atoms with Gasteiger partial charge in [0.1, 0.15) is 5.82 Å². The molecule has 2 rings (SSSR count). The van der Waals surface area contributed by atoms with Crippen LogP contribution >= 0.6 is 0 Å². The minimum Gasteiger partial charge on any atom is -0.342 e. The van der Waals surface area contributed by atoms with Crippen LogP contribution in [0.4, 0.5) is 0 Å². The molecule has 0 saturated heterocycles. The molecule has 0 aliphatic carbocycles. The number of fused-ring (bicyclic) bond motifs is 1. The molecule has 0 spiro atoms. The second kappa shape index (κ2) is 17.3. The molecule has 2 heteroatoms. The SMILES string of the molecule is CCCCCCCCCCCCCCCc1nc2c(CCCCCCC)cccc2[nH]1. The zero-order valence-corrected chi connectivity index (χ0v) is 20.8. The third-order valence-electron chi connectivity index (χ3n) is 6.71. The third-order valence-corrected chi connectivity index (χ3v) is 6.71. The lowest BCUT2D eigenvalue weighted by Gasteiger charge is -2.03. The van der Waals surface area contributed by atoms with Crippen LogP contribution in [0.15, 0.2) is 18.2 Å². The number of benzene rings is 1. The Labute approximate surface area is 193 Å². The number of hydrogen-bond acceptors (Lipinski definition) is 1. The Bertz CT molecular complexity index is 672. The summed E-state index contributed by atoms with van der Waals surface area (Å²) in [6.45, 7) is 4.58. The predicted octanol–water partition coefficient (Wildman–Crippen LogP) is 9.71. The molecule has 31 heavy (non-hydrogen) atoms. The van der Waals surface area contributed by atoms with E-state index >= 15 is 0 Å². The van der Waals surface area contributed by atoms with E-state index < -0.39 is 0 Å². The van der Waals surface area contributed by atoms with Crippen molar-refractivity contribution in [3.63, 3.8) is 0 Å². The van der Waals surface area contributed by atoms with Gasteiger partial charge in [0.2, 0.25) is 0 Å². The number of unbranched alkanes of at least 4 members (excludes halogenated alkanes) is 16. The minimum absolute atomic E-state index is 1.10. The number of H-pyrrole nitrogens is 1. The summed E-state index contributed by atoms with van der Waals surface area (Å²) in [5, 5.41) is 0. The molecule has 1 heterocycles. The first-order valence-electron chi connectivity index (χ1n) is 13.8. The second-order valence-corrected chi connectivity index (χ2v) is 9.65. The summed E-state index contributed by atoms with van der Waals surface area (Å²) in [5.41, 5.74) is 3.89. The summed E-state index contributed by atoms with van der Waals surface area (Å²) in [6.07, 6.45) is 27.3. The largest absolute Gasteiger partial charge is 0.342 e. The fourth-order valence-electron chi connectivity index (χ4n) is 4.69. The first-order valence-corrected chi connectivity index (χ1v) is 13.8. The molecule has 1 N–H and O–H groups in total. The third kappa shape index (κ3) is 11.2. The Balaban J connectivity index is 1.54. The van der Waals surface area contributed by atoms with Gasteiger partial charge >= 0.3 is 0 Å². The van der Waals surface area contributed by atoms with Gasteiger partial charge in [-0.3, -0.25) is 0 Å². The van der Waals surface area contributed by atoms with Gasteiger partial charge in [-0.25, -0.2) is 4.98 Å². The maximum absolute atomic E-state index is 4.97. The van der Waals surface area contributed by atoms with Gasteiger partial charge in [0.15, 0.2) is 0 Å². The van der Waals surface area contributed by atoms with Crippen molar-refractivity contribution in [1.82, 2.24) is 9.97 Å². The summed E-state index contributed by atoms with van der Waals surface area (Å²) >= 11 is 0. The Hall–Kier alpha value is -1.31. The van der Waals surface area contributed by atoms with Crippen molar-refractivity contribution < 1.29 is 0 Å². The van der Waals surface area contributed by atoms with Crippen molar-refractivity contribution in [3.05, 3.63) is 29.6 Å². The molecule has 0 radical (unpaired) electrons. The van der Waals surface area contributed by atoms with Crippen LogP contribution in [0.5, 0.6) is 0 Å². The van der Waals surface area contributed by atoms with Crippen LogP contribution in [0.3, 0.4) is 0 Å². The van der Waals surface area contributed by atoms with Gasteiger partial charge < -0.3 is 4.98 Å². The average molecular weight is 427 g/mol. The minimum atomic E-state index is 1.10. The molecule has 0 aliphatic heterocycles. The van der Waals surface area contributed by atoms with Crippen molar-refractivity contribution in [3.8, 4) is 0 Å². The maximum atomic E-state index is 4.97. The van der Waals surface area contributed by atoms with Crippen molar-refractivity contribution in [2.75, 3.05) is 0 Å². The van der Waals surface area contributed by atoms with Gasteiger partial charge in [0, 0.05) is 6.42 Å². The Morgan fingerprint density at radius 2 is 1.06 bits per heavy atom. The van der Waals surface area contributed by atoms with E-state index in [4.69, 9.17) is 4.98 Å². The van der Waals surface area contributed by atoms with Gasteiger partial charge in [0.05, 0.1) is 11.0 Å². The highest BCUT2D eigenvalue weighted by atomic mass is 14.9. The molecule has 0 amide bonds. The summed E-state index contributed by atoms with van der Waals surface area (Å²) < 4.78 is 0. The van der Waals surface area contributed by atoms with E-state index in [9.17, 15) is 0 Å². The number of nitrogens with one attached hydrogen (secondary N) is 1. The Morgan fingerprint density at radius 1 is 0.581 bits per heavy atom. The quantitative estimate of drug-likeness (QED) is 0.210. The number of rotatable bonds is 20. The molecule has 1 aromatic heterocycles. The molecule has 2 aromatic rings. The van der Waals surface area contributed by atoms with E-state index in [0.717, 1.165) is 6.42 Å². The maximum Gasteiger partial charge on any atom is 0.107 e. The number of aromatic amines is 1. The Morgan fingerprint density at radius 3 is 1.61 bits per heavy atom. The molecule has 2 nitrogen and oxygen atoms in total. The van der Waals surface area contributed by atoms with Crippen LogP contribution in [0.2, 0.25) is 0 Å². The first kappa shape index (κ1) is 25.9. The van der Waals surface area contributed by atoms with Gasteiger partial charge in [-0.15, -0.1) is 0 Å². The van der Waals surface area contributed by atoms with Crippen molar-refractivity contribution in [2.24, 2.45) is 0 Å². The van der Waals surface area contributed by atoms with Crippen molar-refractivity contribution >= 4 is 11.0 Å². The first-order chi connectivity index (χ1) is 15.3. The number of hydrogen-bond donors (Lipinski definition) is 1. The van der Waals surface area contributed by atoms with Crippen LogP contribution in [-0.4, -0.2) is 9.97 Å². The van der Waals surface area contributed by atoms with Gasteiger partial charge in [0.25, 0.3) is 0 Å². The number of aryl methyl sites for hydroxylation is 2. The molecule has 0 fully saturated rings.